The number of nitrogens with zero attached hydrogens (tertiary/aromatic N) is 4. The minimum absolute atomic E-state index is 0.0406. The summed E-state index contributed by atoms with van der Waals surface area (Å²) in [6.45, 7) is 3.71. The van der Waals surface area contributed by atoms with Gasteiger partial charge < -0.3 is 29.8 Å². The number of esters is 2. The van der Waals surface area contributed by atoms with E-state index in [0.717, 1.165) is 0 Å². The largest absolute Gasteiger partial charge is 0.456 e. The van der Waals surface area contributed by atoms with Crippen LogP contribution in [0.1, 0.15) is 27.0 Å². The van der Waals surface area contributed by atoms with Crippen LogP contribution in [0.4, 0.5) is 5.95 Å². The molecule has 3 N–H and O–H groups in total. The number of anilines is 1. The highest BCUT2D eigenvalue weighted by Gasteiger charge is 2.50. The standard InChI is InChI=1S/C16H20ClN5O7/c1-6(23)26-4-9-11(27-7(2)24)12(28-8(3)25)15(29-9)22-5-19-10-13(17)20-16(18)21-14(10)22/h5-6,9,11-12,15,23H,4H2,1-3H3,(H2,18,20,21)/t6?,9-,11?,12+,15-/m1/s1. The van der Waals surface area contributed by atoms with E-state index in [-0.39, 0.29) is 28.9 Å². The minimum Gasteiger partial charge on any atom is -0.456 e. The Hall–Kier alpha value is -2.54. The Morgan fingerprint density at radius 1 is 1.31 bits per heavy atom. The monoisotopic (exact) mass is 429 g/mol. The molecule has 13 heteroatoms. The number of carbonyl (C=O) groups excluding carboxylic acids is 2. The number of nitrogens with two attached hydrogens (primary N) is 1. The topological polar surface area (TPSA) is 161 Å². The lowest BCUT2D eigenvalue weighted by Gasteiger charge is -2.24. The van der Waals surface area contributed by atoms with E-state index in [1.54, 1.807) is 0 Å². The van der Waals surface area contributed by atoms with Crippen LogP contribution in [0, 0.1) is 0 Å². The van der Waals surface area contributed by atoms with Gasteiger partial charge in [0.15, 0.2) is 35.5 Å². The van der Waals surface area contributed by atoms with Crippen molar-refractivity contribution in [2.45, 2.75) is 51.6 Å². The molecule has 5 atom stereocenters. The number of aliphatic hydroxyl groups is 1. The molecule has 1 aliphatic heterocycles. The van der Waals surface area contributed by atoms with Crippen LogP contribution in [-0.2, 0) is 28.5 Å². The third kappa shape index (κ3) is 4.56. The first-order chi connectivity index (χ1) is 13.7. The summed E-state index contributed by atoms with van der Waals surface area (Å²) in [5, 5.41) is 9.45. The predicted octanol–water partition coefficient (Wildman–Crippen LogP) is 0.178. The maximum Gasteiger partial charge on any atom is 0.303 e. The fourth-order valence-corrected chi connectivity index (χ4v) is 3.26. The Morgan fingerprint density at radius 3 is 2.59 bits per heavy atom. The molecule has 0 aromatic carbocycles. The third-order valence-electron chi connectivity index (χ3n) is 4.06. The van der Waals surface area contributed by atoms with E-state index in [2.05, 4.69) is 15.0 Å². The third-order valence-corrected chi connectivity index (χ3v) is 4.33. The Bertz CT molecular complexity index is 920. The van der Waals surface area contributed by atoms with Gasteiger partial charge in [-0.25, -0.2) is 4.98 Å². The van der Waals surface area contributed by atoms with Crippen molar-refractivity contribution < 1.29 is 33.6 Å². The fourth-order valence-electron chi connectivity index (χ4n) is 3.04. The number of halogens is 1. The summed E-state index contributed by atoms with van der Waals surface area (Å²) in [6, 6.07) is 0. The zero-order chi connectivity index (χ0) is 21.3. The number of aromatic nitrogens is 4. The van der Waals surface area contributed by atoms with Gasteiger partial charge in [-0.2, -0.15) is 9.97 Å². The van der Waals surface area contributed by atoms with Crippen molar-refractivity contribution in [2.24, 2.45) is 0 Å². The maximum atomic E-state index is 11.7. The number of hydrogen-bond donors (Lipinski definition) is 2. The second-order valence-electron chi connectivity index (χ2n) is 6.34. The normalized spacial score (nSPS) is 25.1. The van der Waals surface area contributed by atoms with Crippen LogP contribution in [-0.4, -0.2) is 67.8 Å². The number of imidazole rings is 1. The Labute approximate surface area is 169 Å². The Kier molecular flexibility index (Phi) is 6.17. The zero-order valence-electron chi connectivity index (χ0n) is 15.8. The molecule has 1 saturated heterocycles. The number of aliphatic hydroxyl groups excluding tert-OH is 1. The lowest BCUT2D eigenvalue weighted by Crippen LogP contribution is -2.40. The first kappa shape index (κ1) is 21.2. The van der Waals surface area contributed by atoms with Crippen LogP contribution in [0.25, 0.3) is 11.2 Å². The number of ether oxygens (including phenoxy) is 4. The van der Waals surface area contributed by atoms with Crippen LogP contribution in [0.3, 0.4) is 0 Å². The van der Waals surface area contributed by atoms with Crippen molar-refractivity contribution >= 4 is 40.7 Å². The van der Waals surface area contributed by atoms with Gasteiger partial charge in [-0.3, -0.25) is 14.2 Å². The van der Waals surface area contributed by atoms with Gasteiger partial charge in [0, 0.05) is 13.8 Å². The van der Waals surface area contributed by atoms with Gasteiger partial charge in [-0.1, -0.05) is 11.6 Å². The molecule has 2 unspecified atom stereocenters. The number of nitrogen functional groups attached to an aromatic ring is 1. The van der Waals surface area contributed by atoms with Crippen molar-refractivity contribution in [3.8, 4) is 0 Å². The summed E-state index contributed by atoms with van der Waals surface area (Å²) < 4.78 is 23.3. The van der Waals surface area contributed by atoms with Crippen LogP contribution >= 0.6 is 11.6 Å². The van der Waals surface area contributed by atoms with E-state index < -0.39 is 42.8 Å². The number of carbonyl (C=O) groups is 2. The molecule has 2 aromatic heterocycles. The Balaban J connectivity index is 2.03. The molecule has 0 bridgehead atoms. The van der Waals surface area contributed by atoms with E-state index >= 15 is 0 Å². The van der Waals surface area contributed by atoms with Crippen molar-refractivity contribution in [1.29, 1.82) is 0 Å². The molecule has 0 amide bonds. The summed E-state index contributed by atoms with van der Waals surface area (Å²) in [4.78, 5) is 35.5. The lowest BCUT2D eigenvalue weighted by molar-refractivity contribution is -0.167. The van der Waals surface area contributed by atoms with E-state index in [1.165, 1.54) is 31.7 Å². The molecule has 29 heavy (non-hydrogen) atoms. The molecule has 0 aliphatic carbocycles. The van der Waals surface area contributed by atoms with Gasteiger partial charge in [0.05, 0.1) is 12.9 Å². The second kappa shape index (κ2) is 8.45. The fraction of sp³-hybridized carbons (Fsp3) is 0.562. The van der Waals surface area contributed by atoms with Crippen molar-refractivity contribution in [3.63, 3.8) is 0 Å². The quantitative estimate of drug-likeness (QED) is 0.366. The molecule has 3 heterocycles. The highest BCUT2D eigenvalue weighted by Crippen LogP contribution is 2.36. The SMILES string of the molecule is CC(=O)OC1[C@@H](COC(C)O)O[C@@H](n2cnc3c(Cl)nc(N)nc32)[C@H]1OC(C)=O. The molecule has 158 valence electrons. The van der Waals surface area contributed by atoms with Gasteiger partial charge >= 0.3 is 11.9 Å². The summed E-state index contributed by atoms with van der Waals surface area (Å²) in [5.74, 6) is -1.31. The van der Waals surface area contributed by atoms with E-state index in [9.17, 15) is 14.7 Å². The van der Waals surface area contributed by atoms with E-state index in [0.29, 0.717) is 0 Å². The highest BCUT2D eigenvalue weighted by atomic mass is 35.5. The van der Waals surface area contributed by atoms with Gasteiger partial charge in [0.25, 0.3) is 0 Å². The molecular formula is C16H20ClN5O7. The molecule has 1 aliphatic rings. The number of rotatable bonds is 6. The van der Waals surface area contributed by atoms with Gasteiger partial charge in [-0.05, 0) is 6.92 Å². The van der Waals surface area contributed by atoms with Crippen molar-refractivity contribution in [3.05, 3.63) is 11.5 Å². The molecule has 3 rings (SSSR count). The van der Waals surface area contributed by atoms with Crippen LogP contribution in [0.5, 0.6) is 0 Å². The van der Waals surface area contributed by atoms with Crippen molar-refractivity contribution in [2.75, 3.05) is 12.3 Å². The van der Waals surface area contributed by atoms with Gasteiger partial charge in [0.2, 0.25) is 5.95 Å². The van der Waals surface area contributed by atoms with Gasteiger partial charge in [-0.15, -0.1) is 0 Å². The summed E-state index contributed by atoms with van der Waals surface area (Å²) in [7, 11) is 0. The van der Waals surface area contributed by atoms with Crippen LogP contribution < -0.4 is 5.73 Å². The van der Waals surface area contributed by atoms with E-state index in [4.69, 9.17) is 36.3 Å². The molecule has 2 aromatic rings. The first-order valence-corrected chi connectivity index (χ1v) is 9.00. The summed E-state index contributed by atoms with van der Waals surface area (Å²) >= 11 is 6.06. The number of fused-ring (bicyclic) bond motifs is 1. The van der Waals surface area contributed by atoms with Crippen LogP contribution in [0.15, 0.2) is 6.33 Å². The smallest absolute Gasteiger partial charge is 0.303 e. The summed E-state index contributed by atoms with van der Waals surface area (Å²) in [6.07, 6.45) is -3.60. The maximum absolute atomic E-state index is 11.7. The Morgan fingerprint density at radius 2 is 1.97 bits per heavy atom. The molecule has 0 saturated carbocycles. The van der Waals surface area contributed by atoms with Crippen LogP contribution in [0.2, 0.25) is 5.15 Å². The molecule has 0 radical (unpaired) electrons. The molecular weight excluding hydrogens is 410 g/mol. The second-order valence-corrected chi connectivity index (χ2v) is 6.70. The first-order valence-electron chi connectivity index (χ1n) is 8.62. The lowest BCUT2D eigenvalue weighted by atomic mass is 10.1. The molecule has 12 nitrogen and oxygen atoms in total. The predicted molar refractivity (Wildman–Crippen MR) is 97.4 cm³/mol. The summed E-state index contributed by atoms with van der Waals surface area (Å²) in [5.41, 5.74) is 6.18. The van der Waals surface area contributed by atoms with Crippen molar-refractivity contribution in [1.82, 2.24) is 19.5 Å². The average Bonchev–Trinajstić information content (AvgIpc) is 3.15. The zero-order valence-corrected chi connectivity index (χ0v) is 16.6. The number of hydrogen-bond acceptors (Lipinski definition) is 11. The molecule has 1 fully saturated rings. The molecule has 0 spiro atoms. The van der Waals surface area contributed by atoms with E-state index in [1.807, 2.05) is 0 Å². The average molecular weight is 430 g/mol. The van der Waals surface area contributed by atoms with Gasteiger partial charge in [0.1, 0.15) is 11.6 Å². The minimum atomic E-state index is -1.08. The highest BCUT2D eigenvalue weighted by molar-refractivity contribution is 6.33.